The smallest absolute Gasteiger partial charge is 0.244 e. The van der Waals surface area contributed by atoms with E-state index in [9.17, 15) is 4.79 Å². The van der Waals surface area contributed by atoms with Crippen molar-refractivity contribution < 1.29 is 4.79 Å². The Morgan fingerprint density at radius 1 is 1.20 bits per heavy atom. The minimum atomic E-state index is 0.0340. The SMILES string of the molecule is O=C1SC(SCc2ccccc2)=NC1=Cc1ccsc1. The molecule has 0 radical (unpaired) electrons. The zero-order valence-corrected chi connectivity index (χ0v) is 12.9. The Morgan fingerprint density at radius 3 is 2.80 bits per heavy atom. The molecule has 3 rings (SSSR count). The number of hydrogen-bond acceptors (Lipinski definition) is 5. The lowest BCUT2D eigenvalue weighted by Gasteiger charge is -1.98. The van der Waals surface area contributed by atoms with Crippen molar-refractivity contribution in [3.63, 3.8) is 0 Å². The highest BCUT2D eigenvalue weighted by Gasteiger charge is 2.22. The summed E-state index contributed by atoms with van der Waals surface area (Å²) in [4.78, 5) is 16.3. The first kappa shape index (κ1) is 13.7. The minimum absolute atomic E-state index is 0.0340. The third kappa shape index (κ3) is 3.42. The van der Waals surface area contributed by atoms with E-state index in [1.807, 2.05) is 41.1 Å². The molecule has 0 spiro atoms. The summed E-state index contributed by atoms with van der Waals surface area (Å²) in [5.41, 5.74) is 2.82. The van der Waals surface area contributed by atoms with Gasteiger partial charge in [0.15, 0.2) is 0 Å². The third-order valence-electron chi connectivity index (χ3n) is 2.65. The number of thiophene rings is 1. The number of thioether (sulfide) groups is 2. The molecule has 0 saturated carbocycles. The van der Waals surface area contributed by atoms with Crippen LogP contribution >= 0.6 is 34.9 Å². The van der Waals surface area contributed by atoms with E-state index in [0.29, 0.717) is 5.70 Å². The Morgan fingerprint density at radius 2 is 2.05 bits per heavy atom. The summed E-state index contributed by atoms with van der Waals surface area (Å²) in [5.74, 6) is 0.839. The molecule has 2 nitrogen and oxygen atoms in total. The van der Waals surface area contributed by atoms with Gasteiger partial charge in [0.1, 0.15) is 10.1 Å². The zero-order chi connectivity index (χ0) is 13.8. The van der Waals surface area contributed by atoms with E-state index in [1.165, 1.54) is 17.3 Å². The fourth-order valence-corrected chi connectivity index (χ4v) is 4.10. The van der Waals surface area contributed by atoms with Gasteiger partial charge in [-0.2, -0.15) is 11.3 Å². The van der Waals surface area contributed by atoms with Crippen LogP contribution in [0.4, 0.5) is 0 Å². The molecule has 0 atom stereocenters. The van der Waals surface area contributed by atoms with E-state index in [1.54, 1.807) is 23.1 Å². The van der Waals surface area contributed by atoms with Crippen molar-refractivity contribution in [2.75, 3.05) is 0 Å². The zero-order valence-electron chi connectivity index (χ0n) is 10.5. The number of carbonyl (C=O) groups excluding carboxylic acids is 1. The molecule has 2 aromatic rings. The van der Waals surface area contributed by atoms with Crippen LogP contribution in [-0.4, -0.2) is 9.49 Å². The number of nitrogens with zero attached hydrogens (tertiary/aromatic N) is 1. The van der Waals surface area contributed by atoms with Crippen LogP contribution in [0.25, 0.3) is 6.08 Å². The first-order chi connectivity index (χ1) is 9.81. The van der Waals surface area contributed by atoms with E-state index < -0.39 is 0 Å². The molecule has 0 fully saturated rings. The number of benzene rings is 1. The van der Waals surface area contributed by atoms with Gasteiger partial charge in [0.2, 0.25) is 5.12 Å². The number of hydrogen-bond donors (Lipinski definition) is 0. The third-order valence-corrected chi connectivity index (χ3v) is 5.43. The first-order valence-corrected chi connectivity index (χ1v) is 8.77. The summed E-state index contributed by atoms with van der Waals surface area (Å²) in [6.45, 7) is 0. The van der Waals surface area contributed by atoms with Crippen molar-refractivity contribution >= 4 is 50.4 Å². The predicted octanol–water partition coefficient (Wildman–Crippen LogP) is 4.65. The quantitative estimate of drug-likeness (QED) is 0.772. The molecule has 0 N–H and O–H groups in total. The van der Waals surface area contributed by atoms with E-state index in [2.05, 4.69) is 17.1 Å². The Bertz CT molecular complexity index is 660. The van der Waals surface area contributed by atoms with Crippen LogP contribution in [0.5, 0.6) is 0 Å². The molecule has 5 heteroatoms. The normalized spacial score (nSPS) is 16.7. The van der Waals surface area contributed by atoms with E-state index in [-0.39, 0.29) is 5.12 Å². The Labute approximate surface area is 130 Å². The van der Waals surface area contributed by atoms with Crippen LogP contribution in [0.1, 0.15) is 11.1 Å². The van der Waals surface area contributed by atoms with Crippen LogP contribution in [0.15, 0.2) is 57.8 Å². The maximum Gasteiger partial charge on any atom is 0.244 e. The molecule has 0 aliphatic carbocycles. The highest BCUT2D eigenvalue weighted by atomic mass is 32.2. The van der Waals surface area contributed by atoms with Gasteiger partial charge in [-0.15, -0.1) is 0 Å². The lowest BCUT2D eigenvalue weighted by Crippen LogP contribution is -1.87. The number of carbonyl (C=O) groups is 1. The molecule has 0 unspecified atom stereocenters. The van der Waals surface area contributed by atoms with E-state index in [4.69, 9.17) is 0 Å². The van der Waals surface area contributed by atoms with Crippen molar-refractivity contribution in [3.05, 3.63) is 64.0 Å². The Hall–Kier alpha value is -1.30. The average molecular weight is 317 g/mol. The van der Waals surface area contributed by atoms with Crippen molar-refractivity contribution in [3.8, 4) is 0 Å². The predicted molar refractivity (Wildman–Crippen MR) is 90.1 cm³/mol. The van der Waals surface area contributed by atoms with Gasteiger partial charge in [-0.1, -0.05) is 42.1 Å². The van der Waals surface area contributed by atoms with Gasteiger partial charge in [-0.05, 0) is 45.8 Å². The highest BCUT2D eigenvalue weighted by molar-refractivity contribution is 8.45. The molecular weight excluding hydrogens is 306 g/mol. The van der Waals surface area contributed by atoms with Crippen molar-refractivity contribution in [1.29, 1.82) is 0 Å². The van der Waals surface area contributed by atoms with Gasteiger partial charge >= 0.3 is 0 Å². The maximum atomic E-state index is 11.9. The first-order valence-electron chi connectivity index (χ1n) is 6.03. The molecule has 1 aliphatic rings. The Kier molecular flexibility index (Phi) is 4.40. The summed E-state index contributed by atoms with van der Waals surface area (Å²) < 4.78 is 0.834. The number of aliphatic imine (C=N–C) groups is 1. The van der Waals surface area contributed by atoms with Gasteiger partial charge in [-0.3, -0.25) is 4.79 Å². The minimum Gasteiger partial charge on any atom is -0.279 e. The van der Waals surface area contributed by atoms with Crippen LogP contribution in [0, 0.1) is 0 Å². The largest absolute Gasteiger partial charge is 0.279 e. The second-order valence-electron chi connectivity index (χ2n) is 4.13. The van der Waals surface area contributed by atoms with Crippen molar-refractivity contribution in [2.24, 2.45) is 4.99 Å². The Balaban J connectivity index is 1.68. The molecule has 20 heavy (non-hydrogen) atoms. The molecule has 100 valence electrons. The summed E-state index contributed by atoms with van der Waals surface area (Å²) in [6.07, 6.45) is 1.85. The molecule has 1 aromatic heterocycles. The molecule has 2 heterocycles. The standard InChI is InChI=1S/C15H11NOS3/c17-14-13(8-12-6-7-18-9-12)16-15(20-14)19-10-11-4-2-1-3-5-11/h1-9H,10H2. The van der Waals surface area contributed by atoms with E-state index in [0.717, 1.165) is 15.7 Å². The lowest BCUT2D eigenvalue weighted by atomic mass is 10.2. The summed E-state index contributed by atoms with van der Waals surface area (Å²) in [7, 11) is 0. The maximum absolute atomic E-state index is 11.9. The second kappa shape index (κ2) is 6.43. The fourth-order valence-electron chi connectivity index (χ4n) is 1.69. The molecule has 0 saturated heterocycles. The molecule has 1 aromatic carbocycles. The topological polar surface area (TPSA) is 29.4 Å². The van der Waals surface area contributed by atoms with Gasteiger partial charge in [0.05, 0.1) is 0 Å². The summed E-state index contributed by atoms with van der Waals surface area (Å²) in [5, 5.41) is 4.04. The molecule has 1 aliphatic heterocycles. The van der Waals surface area contributed by atoms with Gasteiger partial charge < -0.3 is 0 Å². The monoisotopic (exact) mass is 317 g/mol. The van der Waals surface area contributed by atoms with Crippen LogP contribution in [0.3, 0.4) is 0 Å². The van der Waals surface area contributed by atoms with Crippen LogP contribution in [0.2, 0.25) is 0 Å². The van der Waals surface area contributed by atoms with Crippen molar-refractivity contribution in [2.45, 2.75) is 5.75 Å². The summed E-state index contributed by atoms with van der Waals surface area (Å²) >= 11 is 4.45. The van der Waals surface area contributed by atoms with Gasteiger partial charge in [0.25, 0.3) is 0 Å². The van der Waals surface area contributed by atoms with Crippen molar-refractivity contribution in [1.82, 2.24) is 0 Å². The van der Waals surface area contributed by atoms with Gasteiger partial charge in [-0.25, -0.2) is 4.99 Å². The van der Waals surface area contributed by atoms with Gasteiger partial charge in [0, 0.05) is 5.75 Å². The average Bonchev–Trinajstić information content (AvgIpc) is 3.09. The second-order valence-corrected chi connectivity index (χ2v) is 7.09. The molecule has 0 bridgehead atoms. The fraction of sp³-hybridized carbons (Fsp3) is 0.0667. The highest BCUT2D eigenvalue weighted by Crippen LogP contribution is 2.32. The van der Waals surface area contributed by atoms with Crippen LogP contribution in [-0.2, 0) is 10.5 Å². The summed E-state index contributed by atoms with van der Waals surface area (Å²) in [6, 6.07) is 12.2. The molecule has 0 amide bonds. The number of rotatable bonds is 3. The van der Waals surface area contributed by atoms with E-state index >= 15 is 0 Å². The molecular formula is C15H11NOS3. The van der Waals surface area contributed by atoms with Crippen LogP contribution < -0.4 is 0 Å². The lowest BCUT2D eigenvalue weighted by molar-refractivity contribution is -0.107.